The van der Waals surface area contributed by atoms with Gasteiger partial charge in [-0.3, -0.25) is 0 Å². The summed E-state index contributed by atoms with van der Waals surface area (Å²) in [6, 6.07) is 2.08. The van der Waals surface area contributed by atoms with Crippen LogP contribution in [0, 0.1) is 6.92 Å². The fourth-order valence-electron chi connectivity index (χ4n) is 1.27. The van der Waals surface area contributed by atoms with Crippen molar-refractivity contribution in [2.24, 2.45) is 0 Å². The van der Waals surface area contributed by atoms with Crippen LogP contribution in [0.3, 0.4) is 0 Å². The van der Waals surface area contributed by atoms with Crippen LogP contribution < -0.4 is 5.32 Å². The van der Waals surface area contributed by atoms with Crippen LogP contribution in [0.5, 0.6) is 0 Å². The molecule has 0 aliphatic carbocycles. The minimum Gasteiger partial charge on any atom is -0.438 e. The molecule has 3 nitrogen and oxygen atoms in total. The van der Waals surface area contributed by atoms with Crippen molar-refractivity contribution in [2.75, 3.05) is 7.05 Å². The molecular formula is C10H12N2OS. The van der Waals surface area contributed by atoms with Gasteiger partial charge in [-0.05, 0) is 31.0 Å². The molecule has 0 bridgehead atoms. The highest BCUT2D eigenvalue weighted by molar-refractivity contribution is 7.13. The molecule has 0 saturated heterocycles. The minimum atomic E-state index is 0.671. The van der Waals surface area contributed by atoms with Crippen LogP contribution in [-0.2, 0) is 6.54 Å². The first kappa shape index (κ1) is 9.43. The minimum absolute atomic E-state index is 0.671. The van der Waals surface area contributed by atoms with Crippen molar-refractivity contribution < 1.29 is 4.42 Å². The van der Waals surface area contributed by atoms with E-state index in [9.17, 15) is 0 Å². The molecule has 0 fully saturated rings. The highest BCUT2D eigenvalue weighted by Crippen LogP contribution is 2.29. The summed E-state index contributed by atoms with van der Waals surface area (Å²) in [5, 5.41) is 5.06. The Balaban J connectivity index is 2.29. The summed E-state index contributed by atoms with van der Waals surface area (Å²) in [6.07, 6.45) is 1.78. The van der Waals surface area contributed by atoms with Crippen LogP contribution >= 0.6 is 11.3 Å². The van der Waals surface area contributed by atoms with Gasteiger partial charge in [0.05, 0.1) is 17.6 Å². The van der Waals surface area contributed by atoms with Crippen molar-refractivity contribution in [3.63, 3.8) is 0 Å². The van der Waals surface area contributed by atoms with Crippen LogP contribution in [0.1, 0.15) is 11.5 Å². The fourth-order valence-corrected chi connectivity index (χ4v) is 2.15. The van der Waals surface area contributed by atoms with Gasteiger partial charge >= 0.3 is 0 Å². The smallest absolute Gasteiger partial charge is 0.208 e. The quantitative estimate of drug-likeness (QED) is 0.841. The summed E-state index contributed by atoms with van der Waals surface area (Å²) in [5.74, 6) is 1.60. The SMILES string of the molecule is CNCc1ncc(-c2sccc2C)o1. The Kier molecular flexibility index (Phi) is 2.65. The number of aromatic nitrogens is 1. The van der Waals surface area contributed by atoms with E-state index in [4.69, 9.17) is 4.42 Å². The van der Waals surface area contributed by atoms with Crippen LogP contribution in [0.25, 0.3) is 10.6 Å². The Morgan fingerprint density at radius 3 is 3.07 bits per heavy atom. The molecule has 2 rings (SSSR count). The van der Waals surface area contributed by atoms with Gasteiger partial charge in [-0.1, -0.05) is 0 Å². The number of thiophene rings is 1. The summed E-state index contributed by atoms with van der Waals surface area (Å²) in [6.45, 7) is 2.75. The average molecular weight is 208 g/mol. The fraction of sp³-hybridized carbons (Fsp3) is 0.300. The van der Waals surface area contributed by atoms with E-state index in [2.05, 4.69) is 28.7 Å². The van der Waals surface area contributed by atoms with Gasteiger partial charge < -0.3 is 9.73 Å². The Bertz CT molecular complexity index is 419. The van der Waals surface area contributed by atoms with Gasteiger partial charge in [-0.2, -0.15) is 0 Å². The highest BCUT2D eigenvalue weighted by Gasteiger charge is 2.08. The normalized spacial score (nSPS) is 10.7. The predicted octanol–water partition coefficient (Wildman–Crippen LogP) is 2.43. The van der Waals surface area contributed by atoms with Crippen molar-refractivity contribution in [1.29, 1.82) is 0 Å². The van der Waals surface area contributed by atoms with E-state index in [1.807, 2.05) is 7.05 Å². The monoisotopic (exact) mass is 208 g/mol. The van der Waals surface area contributed by atoms with Gasteiger partial charge in [0.15, 0.2) is 5.76 Å². The Hall–Kier alpha value is -1.13. The molecule has 0 aliphatic rings. The van der Waals surface area contributed by atoms with Gasteiger partial charge in [-0.25, -0.2) is 4.98 Å². The third kappa shape index (κ3) is 1.71. The second-order valence-electron chi connectivity index (χ2n) is 3.08. The molecule has 0 amide bonds. The molecule has 0 aromatic carbocycles. The molecule has 4 heteroatoms. The number of hydrogen-bond donors (Lipinski definition) is 1. The maximum Gasteiger partial charge on any atom is 0.208 e. The van der Waals surface area contributed by atoms with E-state index in [0.29, 0.717) is 6.54 Å². The van der Waals surface area contributed by atoms with Crippen LogP contribution in [-0.4, -0.2) is 12.0 Å². The summed E-state index contributed by atoms with van der Waals surface area (Å²) in [7, 11) is 1.88. The number of nitrogens with zero attached hydrogens (tertiary/aromatic N) is 1. The summed E-state index contributed by atoms with van der Waals surface area (Å²) in [4.78, 5) is 5.35. The molecule has 0 unspecified atom stereocenters. The van der Waals surface area contributed by atoms with Crippen LogP contribution in [0.2, 0.25) is 0 Å². The lowest BCUT2D eigenvalue weighted by atomic mass is 10.2. The van der Waals surface area contributed by atoms with Crippen molar-refractivity contribution in [3.8, 4) is 10.6 Å². The number of rotatable bonds is 3. The first-order chi connectivity index (χ1) is 6.81. The maximum atomic E-state index is 5.59. The third-order valence-corrected chi connectivity index (χ3v) is 3.00. The lowest BCUT2D eigenvalue weighted by Crippen LogP contribution is -2.04. The Labute approximate surface area is 86.8 Å². The molecule has 2 aromatic heterocycles. The van der Waals surface area contributed by atoms with E-state index < -0.39 is 0 Å². The second kappa shape index (κ2) is 3.94. The van der Waals surface area contributed by atoms with Crippen molar-refractivity contribution in [3.05, 3.63) is 29.1 Å². The van der Waals surface area contributed by atoms with Crippen LogP contribution in [0.15, 0.2) is 22.1 Å². The summed E-state index contributed by atoms with van der Waals surface area (Å²) >= 11 is 1.68. The van der Waals surface area contributed by atoms with Crippen molar-refractivity contribution in [2.45, 2.75) is 13.5 Å². The van der Waals surface area contributed by atoms with E-state index in [1.165, 1.54) is 10.4 Å². The molecule has 74 valence electrons. The molecular weight excluding hydrogens is 196 g/mol. The maximum absolute atomic E-state index is 5.59. The third-order valence-electron chi connectivity index (χ3n) is 1.97. The first-order valence-corrected chi connectivity index (χ1v) is 5.33. The molecule has 1 N–H and O–H groups in total. The topological polar surface area (TPSA) is 38.1 Å². The molecule has 0 atom stereocenters. The van der Waals surface area contributed by atoms with Gasteiger partial charge in [0.2, 0.25) is 5.89 Å². The number of aryl methyl sites for hydroxylation is 1. The van der Waals surface area contributed by atoms with E-state index in [1.54, 1.807) is 17.5 Å². The standard InChI is InChI=1S/C10H12N2OS/c1-7-3-4-14-10(7)8-5-12-9(13-8)6-11-2/h3-5,11H,6H2,1-2H3. The number of oxazole rings is 1. The summed E-state index contributed by atoms with van der Waals surface area (Å²) < 4.78 is 5.59. The predicted molar refractivity (Wildman–Crippen MR) is 57.3 cm³/mol. The van der Waals surface area contributed by atoms with E-state index >= 15 is 0 Å². The van der Waals surface area contributed by atoms with E-state index in [-0.39, 0.29) is 0 Å². The molecule has 2 heterocycles. The summed E-state index contributed by atoms with van der Waals surface area (Å²) in [5.41, 5.74) is 1.24. The van der Waals surface area contributed by atoms with Gasteiger partial charge in [0, 0.05) is 0 Å². The van der Waals surface area contributed by atoms with Gasteiger partial charge in [0.25, 0.3) is 0 Å². The molecule has 0 saturated carbocycles. The average Bonchev–Trinajstić information content (AvgIpc) is 2.74. The van der Waals surface area contributed by atoms with Crippen molar-refractivity contribution >= 4 is 11.3 Å². The zero-order chi connectivity index (χ0) is 9.97. The molecule has 2 aromatic rings. The lowest BCUT2D eigenvalue weighted by molar-refractivity contribution is 0.491. The van der Waals surface area contributed by atoms with Crippen LogP contribution in [0.4, 0.5) is 0 Å². The zero-order valence-corrected chi connectivity index (χ0v) is 9.02. The zero-order valence-electron chi connectivity index (χ0n) is 8.20. The molecule has 14 heavy (non-hydrogen) atoms. The highest BCUT2D eigenvalue weighted by atomic mass is 32.1. The van der Waals surface area contributed by atoms with Crippen molar-refractivity contribution in [1.82, 2.24) is 10.3 Å². The lowest BCUT2D eigenvalue weighted by Gasteiger charge is -1.93. The van der Waals surface area contributed by atoms with Gasteiger partial charge in [-0.15, -0.1) is 11.3 Å². The Morgan fingerprint density at radius 2 is 2.43 bits per heavy atom. The number of hydrogen-bond acceptors (Lipinski definition) is 4. The number of nitrogens with one attached hydrogen (secondary N) is 1. The first-order valence-electron chi connectivity index (χ1n) is 4.45. The second-order valence-corrected chi connectivity index (χ2v) is 4.00. The largest absolute Gasteiger partial charge is 0.438 e. The Morgan fingerprint density at radius 1 is 1.57 bits per heavy atom. The van der Waals surface area contributed by atoms with Gasteiger partial charge in [0.1, 0.15) is 0 Å². The van der Waals surface area contributed by atoms with E-state index in [0.717, 1.165) is 11.7 Å². The molecule has 0 spiro atoms. The molecule has 0 radical (unpaired) electrons. The molecule has 0 aliphatic heterocycles.